The number of carbonyl (C=O) groups is 1. The van der Waals surface area contributed by atoms with Gasteiger partial charge in [-0.25, -0.2) is 9.97 Å². The molecule has 0 bridgehead atoms. The Bertz CT molecular complexity index is 881. The molecule has 29 heavy (non-hydrogen) atoms. The van der Waals surface area contributed by atoms with Crippen molar-refractivity contribution in [3.63, 3.8) is 0 Å². The molecule has 1 aromatic heterocycles. The zero-order valence-electron chi connectivity index (χ0n) is 15.7. The van der Waals surface area contributed by atoms with E-state index >= 15 is 0 Å². The van der Waals surface area contributed by atoms with Crippen LogP contribution >= 0.6 is 23.4 Å². The summed E-state index contributed by atoms with van der Waals surface area (Å²) in [4.78, 5) is 22.8. The minimum atomic E-state index is -4.62. The van der Waals surface area contributed by atoms with E-state index in [9.17, 15) is 18.0 Å². The maximum Gasteiger partial charge on any atom is 0.418 e. The number of anilines is 2. The molecule has 0 saturated carbocycles. The molecule has 3 rings (SSSR count). The van der Waals surface area contributed by atoms with Crippen molar-refractivity contribution in [2.24, 2.45) is 5.92 Å². The summed E-state index contributed by atoms with van der Waals surface area (Å²) >= 11 is 6.80. The summed E-state index contributed by atoms with van der Waals surface area (Å²) in [6.45, 7) is 4.03. The van der Waals surface area contributed by atoms with Crippen LogP contribution in [0.4, 0.5) is 24.7 Å². The van der Waals surface area contributed by atoms with Crippen molar-refractivity contribution in [3.05, 3.63) is 41.2 Å². The van der Waals surface area contributed by atoms with Gasteiger partial charge < -0.3 is 10.2 Å². The first kappa shape index (κ1) is 21.7. The van der Waals surface area contributed by atoms with Crippen molar-refractivity contribution in [2.75, 3.05) is 29.1 Å². The van der Waals surface area contributed by atoms with Gasteiger partial charge in [-0.2, -0.15) is 13.2 Å². The van der Waals surface area contributed by atoms with Crippen LogP contribution in [0.3, 0.4) is 0 Å². The molecule has 1 atom stereocenters. The molecule has 156 valence electrons. The van der Waals surface area contributed by atoms with Crippen LogP contribution in [0, 0.1) is 5.92 Å². The first-order chi connectivity index (χ1) is 13.7. The van der Waals surface area contributed by atoms with Gasteiger partial charge in [-0.05, 0) is 37.0 Å². The molecule has 0 unspecified atom stereocenters. The highest BCUT2D eigenvalue weighted by molar-refractivity contribution is 7.99. The fraction of sp³-hybridized carbons (Fsp3) is 0.421. The molecule has 0 aliphatic carbocycles. The summed E-state index contributed by atoms with van der Waals surface area (Å²) in [7, 11) is 0. The van der Waals surface area contributed by atoms with Crippen molar-refractivity contribution >= 4 is 40.8 Å². The van der Waals surface area contributed by atoms with Gasteiger partial charge >= 0.3 is 6.18 Å². The molecule has 1 fully saturated rings. The number of aromatic nitrogens is 2. The number of carbonyl (C=O) groups excluding carboxylic acids is 1. The number of alkyl halides is 3. The van der Waals surface area contributed by atoms with Crippen LogP contribution in [-0.2, 0) is 11.0 Å². The second-order valence-corrected chi connectivity index (χ2v) is 8.36. The van der Waals surface area contributed by atoms with Crippen LogP contribution in [0.15, 0.2) is 35.6 Å². The number of thioether (sulfide) groups is 1. The number of piperidine rings is 1. The molecule has 1 N–H and O–H groups in total. The predicted molar refractivity (Wildman–Crippen MR) is 108 cm³/mol. The molecule has 2 aromatic rings. The van der Waals surface area contributed by atoms with Crippen LogP contribution in [0.5, 0.6) is 0 Å². The predicted octanol–water partition coefficient (Wildman–Crippen LogP) is 5.12. The monoisotopic (exact) mass is 444 g/mol. The third-order valence-corrected chi connectivity index (χ3v) is 5.68. The molecule has 1 amide bonds. The van der Waals surface area contributed by atoms with Gasteiger partial charge in [-0.1, -0.05) is 30.3 Å². The number of hydrogen-bond donors (Lipinski definition) is 1. The van der Waals surface area contributed by atoms with Crippen LogP contribution in [0.25, 0.3) is 0 Å². The number of rotatable bonds is 5. The Morgan fingerprint density at radius 2 is 2.14 bits per heavy atom. The fourth-order valence-electron chi connectivity index (χ4n) is 3.17. The Kier molecular flexibility index (Phi) is 6.89. The quantitative estimate of drug-likeness (QED) is 0.512. The molecule has 10 heteroatoms. The summed E-state index contributed by atoms with van der Waals surface area (Å²) in [5.41, 5.74) is -1.30. The van der Waals surface area contributed by atoms with E-state index in [4.69, 9.17) is 11.6 Å². The van der Waals surface area contributed by atoms with E-state index < -0.39 is 17.6 Å². The normalized spacial score (nSPS) is 17.3. The van der Waals surface area contributed by atoms with Gasteiger partial charge in [0.1, 0.15) is 17.2 Å². The lowest BCUT2D eigenvalue weighted by Gasteiger charge is -2.31. The standard InChI is InChI=1S/C19H20ClF3N4OS/c1-12-3-2-6-27(9-12)16-8-18(25-11-24-16)29-10-17(28)26-15-5-4-13(20)7-14(15)19(21,22)23/h4-5,7-8,11-12H,2-3,6,9-10H2,1H3,(H,26,28)/t12-/m1/s1. The summed E-state index contributed by atoms with van der Waals surface area (Å²) in [5, 5.41) is 2.85. The first-order valence-electron chi connectivity index (χ1n) is 9.09. The molecule has 2 heterocycles. The molecule has 0 radical (unpaired) electrons. The maximum absolute atomic E-state index is 13.1. The van der Waals surface area contributed by atoms with Crippen molar-refractivity contribution in [3.8, 4) is 0 Å². The minimum absolute atomic E-state index is 0.0507. The summed E-state index contributed by atoms with van der Waals surface area (Å²) in [6, 6.07) is 5.05. The average molecular weight is 445 g/mol. The largest absolute Gasteiger partial charge is 0.418 e. The van der Waals surface area contributed by atoms with Crippen molar-refractivity contribution in [2.45, 2.75) is 31.0 Å². The number of amides is 1. The van der Waals surface area contributed by atoms with Gasteiger partial charge in [-0.15, -0.1) is 0 Å². The van der Waals surface area contributed by atoms with Gasteiger partial charge in [-0.3, -0.25) is 4.79 Å². The van der Waals surface area contributed by atoms with E-state index in [1.807, 2.05) is 0 Å². The van der Waals surface area contributed by atoms with Crippen molar-refractivity contribution < 1.29 is 18.0 Å². The lowest BCUT2D eigenvalue weighted by Crippen LogP contribution is -2.34. The number of nitrogens with one attached hydrogen (secondary N) is 1. The van der Waals surface area contributed by atoms with Crippen LogP contribution in [-0.4, -0.2) is 34.7 Å². The van der Waals surface area contributed by atoms with Gasteiger partial charge in [0, 0.05) is 24.2 Å². The highest BCUT2D eigenvalue weighted by Crippen LogP contribution is 2.36. The molecular weight excluding hydrogens is 425 g/mol. The fourth-order valence-corrected chi connectivity index (χ4v) is 4.00. The van der Waals surface area contributed by atoms with Gasteiger partial charge in [0.15, 0.2) is 0 Å². The number of hydrogen-bond acceptors (Lipinski definition) is 5. The van der Waals surface area contributed by atoms with E-state index in [1.54, 1.807) is 6.07 Å². The average Bonchev–Trinajstić information content (AvgIpc) is 2.67. The van der Waals surface area contributed by atoms with E-state index in [0.717, 1.165) is 49.2 Å². The summed E-state index contributed by atoms with van der Waals surface area (Å²) < 4.78 is 39.4. The van der Waals surface area contributed by atoms with Gasteiger partial charge in [0.2, 0.25) is 5.91 Å². The molecular formula is C19H20ClF3N4OS. The van der Waals surface area contributed by atoms with Crippen molar-refractivity contribution in [1.29, 1.82) is 0 Å². The maximum atomic E-state index is 13.1. The number of benzene rings is 1. The van der Waals surface area contributed by atoms with Crippen LogP contribution in [0.2, 0.25) is 5.02 Å². The Hall–Kier alpha value is -2.00. The third kappa shape index (κ3) is 5.99. The first-order valence-corrected chi connectivity index (χ1v) is 10.4. The van der Waals surface area contributed by atoms with E-state index in [-0.39, 0.29) is 16.5 Å². The van der Waals surface area contributed by atoms with Gasteiger partial charge in [0.25, 0.3) is 0 Å². The summed E-state index contributed by atoms with van der Waals surface area (Å²) in [6.07, 6.45) is -0.893. The van der Waals surface area contributed by atoms with Crippen LogP contribution in [0.1, 0.15) is 25.3 Å². The minimum Gasteiger partial charge on any atom is -0.356 e. The highest BCUT2D eigenvalue weighted by Gasteiger charge is 2.34. The summed E-state index contributed by atoms with van der Waals surface area (Å²) in [5.74, 6) is 0.746. The Balaban J connectivity index is 1.62. The third-order valence-electron chi connectivity index (χ3n) is 4.52. The SMILES string of the molecule is C[C@@H]1CCCN(c2cc(SCC(=O)Nc3ccc(Cl)cc3C(F)(F)F)ncn2)C1. The molecule has 5 nitrogen and oxygen atoms in total. The smallest absolute Gasteiger partial charge is 0.356 e. The lowest BCUT2D eigenvalue weighted by atomic mass is 10.0. The number of nitrogens with zero attached hydrogens (tertiary/aromatic N) is 3. The molecule has 1 aliphatic rings. The number of halogens is 4. The molecule has 1 saturated heterocycles. The van der Waals surface area contributed by atoms with Crippen molar-refractivity contribution in [1.82, 2.24) is 9.97 Å². The zero-order chi connectivity index (χ0) is 21.0. The molecule has 1 aromatic carbocycles. The van der Waals surface area contributed by atoms with E-state index in [1.165, 1.54) is 18.8 Å². The topological polar surface area (TPSA) is 58.1 Å². The second kappa shape index (κ2) is 9.21. The zero-order valence-corrected chi connectivity index (χ0v) is 17.2. The molecule has 1 aliphatic heterocycles. The van der Waals surface area contributed by atoms with E-state index in [0.29, 0.717) is 10.9 Å². The lowest BCUT2D eigenvalue weighted by molar-refractivity contribution is -0.137. The highest BCUT2D eigenvalue weighted by atomic mass is 35.5. The Morgan fingerprint density at radius 1 is 1.34 bits per heavy atom. The Labute approximate surface area is 176 Å². The molecule has 0 spiro atoms. The Morgan fingerprint density at radius 3 is 2.86 bits per heavy atom. The van der Waals surface area contributed by atoms with E-state index in [2.05, 4.69) is 27.1 Å². The second-order valence-electron chi connectivity index (χ2n) is 6.93. The van der Waals surface area contributed by atoms with Crippen LogP contribution < -0.4 is 10.2 Å². The van der Waals surface area contributed by atoms with Gasteiger partial charge in [0.05, 0.1) is 17.0 Å².